The normalized spacial score (nSPS) is 11.0. The summed E-state index contributed by atoms with van der Waals surface area (Å²) in [5.41, 5.74) is 3.26. The molecule has 0 unspecified atom stereocenters. The van der Waals surface area contributed by atoms with Gasteiger partial charge in [-0.25, -0.2) is 0 Å². The molecule has 0 aliphatic carbocycles. The molecule has 0 saturated carbocycles. The van der Waals surface area contributed by atoms with E-state index in [0.29, 0.717) is 37.6 Å². The van der Waals surface area contributed by atoms with Crippen molar-refractivity contribution >= 4 is 61.1 Å². The van der Waals surface area contributed by atoms with E-state index in [1.807, 2.05) is 49.4 Å². The number of benzene rings is 3. The smallest absolute Gasteiger partial charge is 0.266 e. The van der Waals surface area contributed by atoms with Crippen molar-refractivity contribution in [3.8, 4) is 11.8 Å². The lowest BCUT2D eigenvalue weighted by molar-refractivity contribution is -0.112. The van der Waals surface area contributed by atoms with Crippen LogP contribution in [0.4, 0.5) is 5.69 Å². The van der Waals surface area contributed by atoms with Crippen molar-refractivity contribution in [2.45, 2.75) is 13.5 Å². The Morgan fingerprint density at radius 1 is 1.13 bits per heavy atom. The first-order valence-electron chi connectivity index (χ1n) is 9.22. The van der Waals surface area contributed by atoms with Gasteiger partial charge in [-0.1, -0.05) is 35.9 Å². The highest BCUT2D eigenvalue weighted by atomic mass is 79.9. The monoisotopic (exact) mass is 558 g/mol. The molecule has 3 aromatic rings. The van der Waals surface area contributed by atoms with Gasteiger partial charge >= 0.3 is 0 Å². The van der Waals surface area contributed by atoms with E-state index in [4.69, 9.17) is 16.3 Å². The number of nitriles is 1. The molecule has 156 valence electrons. The van der Waals surface area contributed by atoms with E-state index in [2.05, 4.69) is 37.2 Å². The number of nitrogens with zero attached hydrogens (tertiary/aromatic N) is 1. The molecule has 0 saturated heterocycles. The maximum atomic E-state index is 12.5. The zero-order valence-electron chi connectivity index (χ0n) is 16.5. The highest BCUT2D eigenvalue weighted by Gasteiger charge is 2.13. The number of anilines is 1. The Morgan fingerprint density at radius 2 is 1.84 bits per heavy atom. The first-order valence-corrected chi connectivity index (χ1v) is 11.2. The summed E-state index contributed by atoms with van der Waals surface area (Å²) in [6.07, 6.45) is 1.53. The van der Waals surface area contributed by atoms with Crippen molar-refractivity contribution in [2.24, 2.45) is 0 Å². The van der Waals surface area contributed by atoms with E-state index in [1.165, 1.54) is 6.08 Å². The van der Waals surface area contributed by atoms with Crippen LogP contribution in [-0.4, -0.2) is 5.91 Å². The predicted octanol–water partition coefficient (Wildman–Crippen LogP) is 7.30. The van der Waals surface area contributed by atoms with E-state index in [9.17, 15) is 10.1 Å². The number of hydrogen-bond acceptors (Lipinski definition) is 3. The third kappa shape index (κ3) is 6.44. The molecule has 1 N–H and O–H groups in total. The predicted molar refractivity (Wildman–Crippen MR) is 131 cm³/mol. The van der Waals surface area contributed by atoms with Crippen LogP contribution in [0.1, 0.15) is 16.7 Å². The molecule has 0 atom stereocenters. The zero-order chi connectivity index (χ0) is 22.4. The number of rotatable bonds is 6. The lowest BCUT2D eigenvalue weighted by Gasteiger charge is -2.12. The fraction of sp³-hybridized carbons (Fsp3) is 0.0833. The first kappa shape index (κ1) is 23.1. The third-order valence-corrected chi connectivity index (χ3v) is 5.66. The van der Waals surface area contributed by atoms with Crippen LogP contribution in [0, 0.1) is 18.3 Å². The van der Waals surface area contributed by atoms with Crippen LogP contribution < -0.4 is 10.1 Å². The van der Waals surface area contributed by atoms with Crippen LogP contribution in [0.3, 0.4) is 0 Å². The molecule has 0 aliphatic rings. The summed E-state index contributed by atoms with van der Waals surface area (Å²) in [4.78, 5) is 12.5. The van der Waals surface area contributed by atoms with E-state index >= 15 is 0 Å². The average molecular weight is 561 g/mol. The molecule has 0 aromatic heterocycles. The van der Waals surface area contributed by atoms with Crippen molar-refractivity contribution in [2.75, 3.05) is 5.32 Å². The van der Waals surface area contributed by atoms with E-state index < -0.39 is 5.91 Å². The van der Waals surface area contributed by atoms with Crippen molar-refractivity contribution in [3.05, 3.63) is 96.9 Å². The van der Waals surface area contributed by atoms with Gasteiger partial charge in [-0.3, -0.25) is 4.79 Å². The summed E-state index contributed by atoms with van der Waals surface area (Å²) in [7, 11) is 0. The Morgan fingerprint density at radius 3 is 2.48 bits per heavy atom. The Bertz CT molecular complexity index is 1180. The first-order chi connectivity index (χ1) is 14.9. The summed E-state index contributed by atoms with van der Waals surface area (Å²) in [6, 6.07) is 20.4. The van der Waals surface area contributed by atoms with Crippen LogP contribution in [0.15, 0.2) is 75.2 Å². The highest BCUT2D eigenvalue weighted by molar-refractivity contribution is 9.11. The second kappa shape index (κ2) is 10.6. The minimum atomic E-state index is -0.471. The minimum absolute atomic E-state index is 0.00657. The van der Waals surface area contributed by atoms with Gasteiger partial charge in [-0.15, -0.1) is 0 Å². The van der Waals surface area contributed by atoms with Gasteiger partial charge in [0.05, 0.1) is 8.95 Å². The maximum absolute atomic E-state index is 12.5. The summed E-state index contributed by atoms with van der Waals surface area (Å²) >= 11 is 13.0. The largest absolute Gasteiger partial charge is 0.487 e. The van der Waals surface area contributed by atoms with Gasteiger partial charge < -0.3 is 10.1 Å². The van der Waals surface area contributed by atoms with Gasteiger partial charge in [0.2, 0.25) is 0 Å². The standard InChI is InChI=1S/C24H17Br2ClN2O2/c1-15-4-2-7-20(8-15)29-24(30)18(13-28)9-17-11-21(25)23(22(26)12-17)31-14-16-5-3-6-19(27)10-16/h2-12H,14H2,1H3,(H,29,30)/b18-9+. The van der Waals surface area contributed by atoms with Crippen LogP contribution in [0.5, 0.6) is 5.75 Å². The van der Waals surface area contributed by atoms with Gasteiger partial charge in [0, 0.05) is 10.7 Å². The quantitative estimate of drug-likeness (QED) is 0.254. The summed E-state index contributed by atoms with van der Waals surface area (Å²) in [6.45, 7) is 2.27. The molecule has 0 fully saturated rings. The lowest BCUT2D eigenvalue weighted by Crippen LogP contribution is -2.13. The highest BCUT2D eigenvalue weighted by Crippen LogP contribution is 2.36. The molecule has 0 bridgehead atoms. The Kier molecular flexibility index (Phi) is 7.91. The lowest BCUT2D eigenvalue weighted by atomic mass is 10.1. The molecule has 0 spiro atoms. The zero-order valence-corrected chi connectivity index (χ0v) is 20.4. The minimum Gasteiger partial charge on any atom is -0.487 e. The molecule has 0 radical (unpaired) electrons. The van der Waals surface area contributed by atoms with Crippen LogP contribution >= 0.6 is 43.5 Å². The van der Waals surface area contributed by atoms with Crippen molar-refractivity contribution in [1.82, 2.24) is 0 Å². The summed E-state index contributed by atoms with van der Waals surface area (Å²) in [5, 5.41) is 12.9. The van der Waals surface area contributed by atoms with E-state index in [0.717, 1.165) is 11.1 Å². The number of nitrogens with one attached hydrogen (secondary N) is 1. The molecule has 1 amide bonds. The molecule has 7 heteroatoms. The van der Waals surface area contributed by atoms with Crippen LogP contribution in [0.2, 0.25) is 5.02 Å². The molecular weight excluding hydrogens is 544 g/mol. The topological polar surface area (TPSA) is 62.1 Å². The fourth-order valence-electron chi connectivity index (χ4n) is 2.82. The SMILES string of the molecule is Cc1cccc(NC(=O)/C(C#N)=C/c2cc(Br)c(OCc3cccc(Cl)c3)c(Br)c2)c1. The number of carbonyl (C=O) groups excluding carboxylic acids is 1. The number of ether oxygens (including phenoxy) is 1. The van der Waals surface area contributed by atoms with Crippen LogP contribution in [0.25, 0.3) is 6.08 Å². The molecule has 3 aromatic carbocycles. The number of hydrogen-bond donors (Lipinski definition) is 1. The summed E-state index contributed by atoms with van der Waals surface area (Å²) in [5.74, 6) is 0.140. The Hall–Kier alpha value is -2.59. The van der Waals surface area contributed by atoms with Crippen molar-refractivity contribution in [3.63, 3.8) is 0 Å². The Labute approximate surface area is 202 Å². The second-order valence-electron chi connectivity index (χ2n) is 6.73. The van der Waals surface area contributed by atoms with Gasteiger partial charge in [-0.2, -0.15) is 5.26 Å². The maximum Gasteiger partial charge on any atom is 0.266 e. The molecule has 31 heavy (non-hydrogen) atoms. The van der Waals surface area contributed by atoms with Gasteiger partial charge in [0.25, 0.3) is 5.91 Å². The molecule has 0 heterocycles. The molecular formula is C24H17Br2ClN2O2. The summed E-state index contributed by atoms with van der Waals surface area (Å²) < 4.78 is 7.29. The van der Waals surface area contributed by atoms with E-state index in [1.54, 1.807) is 24.3 Å². The second-order valence-corrected chi connectivity index (χ2v) is 8.87. The molecule has 3 rings (SSSR count). The van der Waals surface area contributed by atoms with Crippen molar-refractivity contribution in [1.29, 1.82) is 5.26 Å². The molecule has 0 aliphatic heterocycles. The van der Waals surface area contributed by atoms with Crippen LogP contribution in [-0.2, 0) is 11.4 Å². The third-order valence-electron chi connectivity index (χ3n) is 4.24. The van der Waals surface area contributed by atoms with Crippen molar-refractivity contribution < 1.29 is 9.53 Å². The van der Waals surface area contributed by atoms with Gasteiger partial charge in [-0.05, 0) is 97.9 Å². The number of amides is 1. The molecule has 4 nitrogen and oxygen atoms in total. The van der Waals surface area contributed by atoms with Gasteiger partial charge in [0.15, 0.2) is 0 Å². The Balaban J connectivity index is 1.77. The average Bonchev–Trinajstić information content (AvgIpc) is 2.71. The van der Waals surface area contributed by atoms with Gasteiger partial charge in [0.1, 0.15) is 24.0 Å². The fourth-order valence-corrected chi connectivity index (χ4v) is 4.48. The number of carbonyl (C=O) groups is 1. The number of halogens is 3. The number of aryl methyl sites for hydroxylation is 1. The van der Waals surface area contributed by atoms with E-state index in [-0.39, 0.29) is 5.57 Å².